The molecule has 0 fully saturated rings. The number of aryl methyl sites for hydroxylation is 1. The molecule has 0 aliphatic carbocycles. The number of benzene rings is 1. The maximum atomic E-state index is 13.5. The third-order valence-corrected chi connectivity index (χ3v) is 4.69. The van der Waals surface area contributed by atoms with Crippen LogP contribution in [0.3, 0.4) is 0 Å². The number of nitrogens with zero attached hydrogens (tertiary/aromatic N) is 1. The normalized spacial score (nSPS) is 12.6. The molecule has 0 aliphatic rings. The van der Waals surface area contributed by atoms with Gasteiger partial charge >= 0.3 is 5.63 Å². The molecule has 3 rings (SSSR count). The molecule has 0 aliphatic heterocycles. The molecule has 26 heavy (non-hydrogen) atoms. The Hall–Kier alpha value is -2.87. The van der Waals surface area contributed by atoms with E-state index in [1.165, 1.54) is 17.4 Å². The predicted octanol–water partition coefficient (Wildman–Crippen LogP) is 3.73. The Labute approximate surface area is 151 Å². The van der Waals surface area contributed by atoms with Gasteiger partial charge in [0, 0.05) is 11.6 Å². The molecule has 2 aromatic heterocycles. The third-order valence-electron chi connectivity index (χ3n) is 3.70. The van der Waals surface area contributed by atoms with Crippen molar-refractivity contribution in [2.24, 2.45) is 0 Å². The first-order valence-corrected chi connectivity index (χ1v) is 8.56. The number of carbonyl (C=O) groups is 1. The minimum absolute atomic E-state index is 0.0585. The first-order chi connectivity index (χ1) is 12.4. The van der Waals surface area contributed by atoms with Gasteiger partial charge in [0.1, 0.15) is 22.5 Å². The van der Waals surface area contributed by atoms with E-state index in [4.69, 9.17) is 4.42 Å². The number of fused-ring (bicyclic) bond motifs is 1. The summed E-state index contributed by atoms with van der Waals surface area (Å²) >= 11 is 1.31. The first kappa shape index (κ1) is 17.9. The molecule has 0 saturated carbocycles. The summed E-state index contributed by atoms with van der Waals surface area (Å²) in [4.78, 5) is 28.8. The van der Waals surface area contributed by atoms with Crippen molar-refractivity contribution in [3.8, 4) is 0 Å². The quantitative estimate of drug-likeness (QED) is 0.705. The van der Waals surface area contributed by atoms with Crippen molar-refractivity contribution < 1.29 is 18.0 Å². The lowest BCUT2D eigenvalue weighted by Crippen LogP contribution is -2.26. The van der Waals surface area contributed by atoms with Crippen LogP contribution >= 0.6 is 11.3 Å². The van der Waals surface area contributed by atoms with Crippen molar-refractivity contribution in [1.82, 2.24) is 10.3 Å². The van der Waals surface area contributed by atoms with Crippen LogP contribution in [0.25, 0.3) is 16.3 Å². The molecule has 0 radical (unpaired) electrons. The van der Waals surface area contributed by atoms with Gasteiger partial charge in [-0.05, 0) is 43.0 Å². The number of rotatable bonds is 4. The summed E-state index contributed by atoms with van der Waals surface area (Å²) in [5.41, 5.74) is -0.0476. The SMILES string of the molecule is Cc1csc2nc(C(C)NC(=O)/C=C/c3c(F)cccc3F)oc(=O)c12. The van der Waals surface area contributed by atoms with Crippen molar-refractivity contribution in [2.75, 3.05) is 0 Å². The largest absolute Gasteiger partial charge is 0.406 e. The molecule has 3 aromatic rings. The molecule has 1 aromatic carbocycles. The second-order valence-corrected chi connectivity index (χ2v) is 6.50. The molecule has 0 spiro atoms. The molecule has 2 heterocycles. The summed E-state index contributed by atoms with van der Waals surface area (Å²) in [6, 6.07) is 2.73. The molecular weight excluding hydrogens is 362 g/mol. The average molecular weight is 376 g/mol. The van der Waals surface area contributed by atoms with Gasteiger partial charge in [-0.2, -0.15) is 0 Å². The zero-order valence-corrected chi connectivity index (χ0v) is 14.7. The maximum absolute atomic E-state index is 13.5. The second-order valence-electron chi connectivity index (χ2n) is 5.64. The molecule has 1 N–H and O–H groups in total. The number of hydrogen-bond donors (Lipinski definition) is 1. The Kier molecular flexibility index (Phi) is 4.94. The Bertz CT molecular complexity index is 1050. The van der Waals surface area contributed by atoms with Crippen LogP contribution < -0.4 is 10.9 Å². The number of hydrogen-bond acceptors (Lipinski definition) is 5. The number of halogens is 2. The second kappa shape index (κ2) is 7.17. The highest BCUT2D eigenvalue weighted by molar-refractivity contribution is 7.16. The summed E-state index contributed by atoms with van der Waals surface area (Å²) in [5, 5.41) is 4.77. The zero-order chi connectivity index (χ0) is 18.8. The third kappa shape index (κ3) is 3.55. The number of carbonyl (C=O) groups excluding carboxylic acids is 1. The zero-order valence-electron chi connectivity index (χ0n) is 13.9. The van der Waals surface area contributed by atoms with E-state index >= 15 is 0 Å². The number of aromatic nitrogens is 1. The van der Waals surface area contributed by atoms with Crippen LogP contribution in [0.2, 0.25) is 0 Å². The van der Waals surface area contributed by atoms with Gasteiger partial charge in [-0.15, -0.1) is 11.3 Å². The minimum atomic E-state index is -0.770. The van der Waals surface area contributed by atoms with Gasteiger partial charge in [0.2, 0.25) is 11.8 Å². The fourth-order valence-corrected chi connectivity index (χ4v) is 3.28. The van der Waals surface area contributed by atoms with E-state index in [1.54, 1.807) is 19.2 Å². The van der Waals surface area contributed by atoms with Crippen LogP contribution in [-0.4, -0.2) is 10.9 Å². The molecule has 1 unspecified atom stereocenters. The molecule has 0 saturated heterocycles. The van der Waals surface area contributed by atoms with E-state index in [0.29, 0.717) is 10.2 Å². The van der Waals surface area contributed by atoms with Crippen LogP contribution in [0.5, 0.6) is 0 Å². The van der Waals surface area contributed by atoms with Crippen LogP contribution in [0.4, 0.5) is 8.78 Å². The summed E-state index contributed by atoms with van der Waals surface area (Å²) in [6.45, 7) is 3.38. The first-order valence-electron chi connectivity index (χ1n) is 7.68. The topological polar surface area (TPSA) is 72.2 Å². The van der Waals surface area contributed by atoms with E-state index in [-0.39, 0.29) is 11.5 Å². The van der Waals surface area contributed by atoms with Crippen molar-refractivity contribution in [1.29, 1.82) is 0 Å². The summed E-state index contributed by atoms with van der Waals surface area (Å²) in [7, 11) is 0. The van der Waals surface area contributed by atoms with Crippen LogP contribution in [0.15, 0.2) is 38.9 Å². The molecule has 134 valence electrons. The smallest absolute Gasteiger partial charge is 0.348 e. The summed E-state index contributed by atoms with van der Waals surface area (Å²) in [6.07, 6.45) is 2.05. The number of nitrogens with one attached hydrogen (secondary N) is 1. The Balaban J connectivity index is 1.77. The molecule has 5 nitrogen and oxygen atoms in total. The van der Waals surface area contributed by atoms with Crippen molar-refractivity contribution in [2.45, 2.75) is 19.9 Å². The van der Waals surface area contributed by atoms with Gasteiger partial charge in [0.25, 0.3) is 0 Å². The number of thiophene rings is 1. The van der Waals surface area contributed by atoms with Gasteiger partial charge in [-0.25, -0.2) is 18.6 Å². The van der Waals surface area contributed by atoms with E-state index in [1.807, 2.05) is 0 Å². The summed E-state index contributed by atoms with van der Waals surface area (Å²) < 4.78 is 32.3. The summed E-state index contributed by atoms with van der Waals surface area (Å²) in [5.74, 6) is -2.09. The monoisotopic (exact) mass is 376 g/mol. The van der Waals surface area contributed by atoms with Crippen LogP contribution in [0.1, 0.15) is 30.0 Å². The van der Waals surface area contributed by atoms with Gasteiger partial charge in [-0.1, -0.05) is 6.07 Å². The highest BCUT2D eigenvalue weighted by Crippen LogP contribution is 2.22. The highest BCUT2D eigenvalue weighted by Gasteiger charge is 2.17. The fraction of sp³-hybridized carbons (Fsp3) is 0.167. The Morgan fingerprint density at radius 1 is 1.35 bits per heavy atom. The van der Waals surface area contributed by atoms with Crippen LogP contribution in [0, 0.1) is 18.6 Å². The highest BCUT2D eigenvalue weighted by atomic mass is 32.1. The molecule has 8 heteroatoms. The molecular formula is C18H14F2N2O3S. The lowest BCUT2D eigenvalue weighted by molar-refractivity contribution is -0.117. The fourth-order valence-electron chi connectivity index (χ4n) is 2.37. The van der Waals surface area contributed by atoms with E-state index in [0.717, 1.165) is 29.8 Å². The Morgan fingerprint density at radius 2 is 2.04 bits per heavy atom. The van der Waals surface area contributed by atoms with Gasteiger partial charge in [-0.3, -0.25) is 4.79 Å². The van der Waals surface area contributed by atoms with Crippen molar-refractivity contribution in [3.05, 3.63) is 68.7 Å². The van der Waals surface area contributed by atoms with Gasteiger partial charge < -0.3 is 9.73 Å². The maximum Gasteiger partial charge on any atom is 0.348 e. The number of amides is 1. The lowest BCUT2D eigenvalue weighted by atomic mass is 10.2. The lowest BCUT2D eigenvalue weighted by Gasteiger charge is -2.10. The van der Waals surface area contributed by atoms with E-state index in [9.17, 15) is 18.4 Å². The predicted molar refractivity (Wildman–Crippen MR) is 94.8 cm³/mol. The Morgan fingerprint density at radius 3 is 2.73 bits per heavy atom. The average Bonchev–Trinajstić information content (AvgIpc) is 2.96. The van der Waals surface area contributed by atoms with Gasteiger partial charge in [0.05, 0.1) is 5.39 Å². The van der Waals surface area contributed by atoms with Crippen molar-refractivity contribution in [3.63, 3.8) is 0 Å². The van der Waals surface area contributed by atoms with E-state index < -0.39 is 29.2 Å². The van der Waals surface area contributed by atoms with E-state index in [2.05, 4.69) is 10.3 Å². The molecule has 1 atom stereocenters. The standard InChI is InChI=1S/C18H14F2N2O3S/c1-9-8-26-17-15(9)18(24)25-16(22-17)10(2)21-14(23)7-6-11-12(19)4-3-5-13(11)20/h3-8,10H,1-2H3,(H,21,23)/b7-6+. The van der Waals surface area contributed by atoms with Gasteiger partial charge in [0.15, 0.2) is 0 Å². The van der Waals surface area contributed by atoms with Crippen LogP contribution in [-0.2, 0) is 4.79 Å². The molecule has 1 amide bonds. The minimum Gasteiger partial charge on any atom is -0.406 e. The van der Waals surface area contributed by atoms with Crippen molar-refractivity contribution >= 4 is 33.5 Å². The molecule has 0 bridgehead atoms.